The van der Waals surface area contributed by atoms with Crippen molar-refractivity contribution in [3.63, 3.8) is 0 Å². The number of hydrogen-bond donors (Lipinski definition) is 1. The fourth-order valence-corrected chi connectivity index (χ4v) is 2.25. The molecular formula is C13H20F3N3O. The van der Waals surface area contributed by atoms with Crippen molar-refractivity contribution in [1.29, 1.82) is 0 Å². The van der Waals surface area contributed by atoms with Gasteiger partial charge >= 0.3 is 6.18 Å². The van der Waals surface area contributed by atoms with Crippen LogP contribution < -0.4 is 5.32 Å². The van der Waals surface area contributed by atoms with E-state index in [2.05, 4.69) is 24.3 Å². The highest BCUT2D eigenvalue weighted by Gasteiger charge is 2.33. The van der Waals surface area contributed by atoms with Crippen LogP contribution in [0.25, 0.3) is 0 Å². The largest absolute Gasteiger partial charge is 0.419 e. The number of hydrogen-bond acceptors (Lipinski definition) is 3. The summed E-state index contributed by atoms with van der Waals surface area (Å²) in [5.74, 6) is 0. The van der Waals surface area contributed by atoms with E-state index in [1.54, 1.807) is 0 Å². The smallest absolute Gasteiger partial charge is 0.372 e. The fourth-order valence-electron chi connectivity index (χ4n) is 2.25. The average Bonchev–Trinajstić information content (AvgIpc) is 2.95. The maximum absolute atomic E-state index is 12.5. The Bertz CT molecular complexity index is 431. The lowest BCUT2D eigenvalue weighted by atomic mass is 10.2. The molecule has 1 aliphatic rings. The normalized spacial score (nSPS) is 23.7. The maximum atomic E-state index is 12.5. The Hall–Kier alpha value is -1.08. The van der Waals surface area contributed by atoms with Crippen LogP contribution in [0.15, 0.2) is 12.4 Å². The van der Waals surface area contributed by atoms with E-state index in [1.807, 2.05) is 0 Å². The maximum Gasteiger partial charge on any atom is 0.419 e. The number of ether oxygens (including phenoxy) is 1. The highest BCUT2D eigenvalue weighted by Crippen LogP contribution is 2.29. The zero-order chi connectivity index (χ0) is 14.8. The highest BCUT2D eigenvalue weighted by molar-refractivity contribution is 5.08. The summed E-state index contributed by atoms with van der Waals surface area (Å²) in [5, 5.41) is 7.05. The van der Waals surface area contributed by atoms with E-state index in [-0.39, 0.29) is 12.2 Å². The number of alkyl halides is 3. The van der Waals surface area contributed by atoms with E-state index in [0.717, 1.165) is 31.8 Å². The molecule has 0 spiro atoms. The van der Waals surface area contributed by atoms with E-state index < -0.39 is 11.7 Å². The summed E-state index contributed by atoms with van der Waals surface area (Å²) in [6.07, 6.45) is -0.590. The second-order valence-electron chi connectivity index (χ2n) is 5.47. The molecular weight excluding hydrogens is 271 g/mol. The Morgan fingerprint density at radius 1 is 1.40 bits per heavy atom. The van der Waals surface area contributed by atoms with E-state index in [0.29, 0.717) is 12.6 Å². The number of halogens is 3. The molecule has 1 aromatic rings. The first-order valence-electron chi connectivity index (χ1n) is 6.83. The van der Waals surface area contributed by atoms with Crippen molar-refractivity contribution >= 4 is 0 Å². The fraction of sp³-hybridized carbons (Fsp3) is 0.769. The second kappa shape index (κ2) is 6.13. The van der Waals surface area contributed by atoms with E-state index in [9.17, 15) is 13.2 Å². The van der Waals surface area contributed by atoms with Gasteiger partial charge in [0.2, 0.25) is 0 Å². The lowest BCUT2D eigenvalue weighted by Crippen LogP contribution is -2.32. The molecule has 1 saturated heterocycles. The molecule has 1 N–H and O–H groups in total. The van der Waals surface area contributed by atoms with Crippen LogP contribution in [0, 0.1) is 0 Å². The van der Waals surface area contributed by atoms with Gasteiger partial charge in [0.1, 0.15) is 0 Å². The van der Waals surface area contributed by atoms with Crippen LogP contribution in [0.4, 0.5) is 13.2 Å². The standard InChI is InChI=1S/C13H20F3N3O/c1-9(2)17-6-11-3-4-12(20-11)8-19-7-10(5-18-19)13(14,15)16/h5,7,9,11-12,17H,3-4,6,8H2,1-2H3. The zero-order valence-electron chi connectivity index (χ0n) is 11.7. The third kappa shape index (κ3) is 4.21. The SMILES string of the molecule is CC(C)NCC1CCC(Cn2cc(C(F)(F)F)cn2)O1. The molecule has 4 nitrogen and oxygen atoms in total. The monoisotopic (exact) mass is 291 g/mol. The molecule has 114 valence electrons. The molecule has 2 rings (SSSR count). The predicted octanol–water partition coefficient (Wildman–Crippen LogP) is 2.45. The molecule has 1 fully saturated rings. The van der Waals surface area contributed by atoms with Crippen molar-refractivity contribution in [1.82, 2.24) is 15.1 Å². The minimum atomic E-state index is -4.33. The van der Waals surface area contributed by atoms with Gasteiger partial charge in [-0.25, -0.2) is 0 Å². The molecule has 2 unspecified atom stereocenters. The summed E-state index contributed by atoms with van der Waals surface area (Å²) in [5.41, 5.74) is -0.714. The summed E-state index contributed by atoms with van der Waals surface area (Å²) >= 11 is 0. The molecule has 2 heterocycles. The lowest BCUT2D eigenvalue weighted by Gasteiger charge is -2.16. The highest BCUT2D eigenvalue weighted by atomic mass is 19.4. The van der Waals surface area contributed by atoms with Crippen molar-refractivity contribution in [2.75, 3.05) is 6.54 Å². The average molecular weight is 291 g/mol. The topological polar surface area (TPSA) is 39.1 Å². The molecule has 0 amide bonds. The Morgan fingerprint density at radius 3 is 2.70 bits per heavy atom. The van der Waals surface area contributed by atoms with Crippen LogP contribution in [-0.2, 0) is 17.5 Å². The van der Waals surface area contributed by atoms with Gasteiger partial charge in [0, 0.05) is 18.8 Å². The second-order valence-corrected chi connectivity index (χ2v) is 5.47. The van der Waals surface area contributed by atoms with E-state index in [1.165, 1.54) is 4.68 Å². The Balaban J connectivity index is 1.81. The van der Waals surface area contributed by atoms with Crippen LogP contribution >= 0.6 is 0 Å². The Morgan fingerprint density at radius 2 is 2.10 bits per heavy atom. The minimum absolute atomic E-state index is 0.0602. The summed E-state index contributed by atoms with van der Waals surface area (Å²) < 4.78 is 44.5. The molecule has 1 aliphatic heterocycles. The molecule has 0 aliphatic carbocycles. The summed E-state index contributed by atoms with van der Waals surface area (Å²) in [4.78, 5) is 0. The molecule has 20 heavy (non-hydrogen) atoms. The predicted molar refractivity (Wildman–Crippen MR) is 68.3 cm³/mol. The number of nitrogens with one attached hydrogen (secondary N) is 1. The Labute approximate surface area is 116 Å². The van der Waals surface area contributed by atoms with Crippen molar-refractivity contribution in [3.8, 4) is 0 Å². The van der Waals surface area contributed by atoms with Gasteiger partial charge in [0.05, 0.1) is 30.5 Å². The van der Waals surface area contributed by atoms with Crippen LogP contribution in [0.1, 0.15) is 32.3 Å². The van der Waals surface area contributed by atoms with E-state index in [4.69, 9.17) is 4.74 Å². The van der Waals surface area contributed by atoms with Gasteiger partial charge in [-0.1, -0.05) is 13.8 Å². The van der Waals surface area contributed by atoms with Crippen molar-refractivity contribution in [2.45, 2.75) is 57.7 Å². The third-order valence-corrected chi connectivity index (χ3v) is 3.30. The van der Waals surface area contributed by atoms with Gasteiger partial charge in [-0.2, -0.15) is 18.3 Å². The van der Waals surface area contributed by atoms with Crippen LogP contribution in [0.2, 0.25) is 0 Å². The molecule has 0 aromatic carbocycles. The summed E-state index contributed by atoms with van der Waals surface area (Å²) in [7, 11) is 0. The van der Waals surface area contributed by atoms with Gasteiger partial charge in [0.25, 0.3) is 0 Å². The number of nitrogens with zero attached hydrogens (tertiary/aromatic N) is 2. The van der Waals surface area contributed by atoms with Gasteiger partial charge < -0.3 is 10.1 Å². The first kappa shape index (κ1) is 15.3. The quantitative estimate of drug-likeness (QED) is 0.905. The van der Waals surface area contributed by atoms with Gasteiger partial charge in [0.15, 0.2) is 0 Å². The Kier molecular flexibility index (Phi) is 4.70. The van der Waals surface area contributed by atoms with E-state index >= 15 is 0 Å². The van der Waals surface area contributed by atoms with Crippen LogP contribution in [0.5, 0.6) is 0 Å². The lowest BCUT2D eigenvalue weighted by molar-refractivity contribution is -0.137. The number of rotatable bonds is 5. The van der Waals surface area contributed by atoms with Gasteiger partial charge in [-0.15, -0.1) is 0 Å². The van der Waals surface area contributed by atoms with Crippen LogP contribution in [0.3, 0.4) is 0 Å². The van der Waals surface area contributed by atoms with Crippen LogP contribution in [-0.4, -0.2) is 34.6 Å². The van der Waals surface area contributed by atoms with Crippen molar-refractivity contribution < 1.29 is 17.9 Å². The third-order valence-electron chi connectivity index (χ3n) is 3.30. The van der Waals surface area contributed by atoms with Gasteiger partial charge in [-0.05, 0) is 12.8 Å². The molecule has 2 atom stereocenters. The molecule has 0 saturated carbocycles. The van der Waals surface area contributed by atoms with Crippen molar-refractivity contribution in [3.05, 3.63) is 18.0 Å². The zero-order valence-corrected chi connectivity index (χ0v) is 11.7. The molecule has 7 heteroatoms. The molecule has 1 aromatic heterocycles. The summed E-state index contributed by atoms with van der Waals surface area (Å²) in [6.45, 7) is 5.28. The summed E-state index contributed by atoms with van der Waals surface area (Å²) in [6, 6.07) is 0.401. The first-order chi connectivity index (χ1) is 9.34. The number of aromatic nitrogens is 2. The molecule has 0 radical (unpaired) electrons. The minimum Gasteiger partial charge on any atom is -0.372 e. The molecule has 0 bridgehead atoms. The van der Waals surface area contributed by atoms with Crippen molar-refractivity contribution in [2.24, 2.45) is 0 Å². The van der Waals surface area contributed by atoms with Gasteiger partial charge in [-0.3, -0.25) is 4.68 Å². The first-order valence-corrected chi connectivity index (χ1v) is 6.83.